The molecule has 0 atom stereocenters. The lowest BCUT2D eigenvalue weighted by molar-refractivity contribution is 0.340. The van der Waals surface area contributed by atoms with E-state index in [1.54, 1.807) is 0 Å². The lowest BCUT2D eigenvalue weighted by Gasteiger charge is -2.09. The molecule has 0 saturated carbocycles. The van der Waals surface area contributed by atoms with Gasteiger partial charge in [-0.3, -0.25) is 0 Å². The fourth-order valence-electron chi connectivity index (χ4n) is 2.40. The van der Waals surface area contributed by atoms with E-state index >= 15 is 0 Å². The third kappa shape index (κ3) is 2.84. The van der Waals surface area contributed by atoms with Gasteiger partial charge >= 0.3 is 0 Å². The Morgan fingerprint density at radius 3 is 2.81 bits per heavy atom. The summed E-state index contributed by atoms with van der Waals surface area (Å²) in [5.41, 5.74) is 3.21. The van der Waals surface area contributed by atoms with Gasteiger partial charge in [-0.2, -0.15) is 0 Å². The van der Waals surface area contributed by atoms with Gasteiger partial charge in [0.2, 0.25) is 0 Å². The van der Waals surface area contributed by atoms with E-state index in [4.69, 9.17) is 4.74 Å². The van der Waals surface area contributed by atoms with Crippen molar-refractivity contribution in [2.75, 3.05) is 11.9 Å². The molecule has 0 spiro atoms. The molecule has 0 aliphatic rings. The Kier molecular flexibility index (Phi) is 3.77. The van der Waals surface area contributed by atoms with Gasteiger partial charge in [0, 0.05) is 18.8 Å². The fraction of sp³-hybridized carbons (Fsp3) is 0.235. The van der Waals surface area contributed by atoms with Gasteiger partial charge in [-0.15, -0.1) is 0 Å². The number of anilines is 1. The molecule has 4 heteroatoms. The number of hydrogen-bond acceptors (Lipinski definition) is 3. The molecule has 0 aliphatic heterocycles. The highest BCUT2D eigenvalue weighted by molar-refractivity contribution is 5.75. The van der Waals surface area contributed by atoms with Crippen molar-refractivity contribution in [2.45, 2.75) is 13.5 Å². The molecule has 1 aromatic heterocycles. The summed E-state index contributed by atoms with van der Waals surface area (Å²) in [6.45, 7) is 3.34. The molecule has 0 fully saturated rings. The van der Waals surface area contributed by atoms with Crippen LogP contribution < -0.4 is 10.1 Å². The second-order valence-corrected chi connectivity index (χ2v) is 4.89. The van der Waals surface area contributed by atoms with Gasteiger partial charge in [-0.1, -0.05) is 18.2 Å². The maximum atomic E-state index is 5.51. The maximum Gasteiger partial charge on any atom is 0.128 e. The van der Waals surface area contributed by atoms with Crippen molar-refractivity contribution in [3.05, 3.63) is 54.4 Å². The van der Waals surface area contributed by atoms with E-state index in [2.05, 4.69) is 20.9 Å². The third-order valence-electron chi connectivity index (χ3n) is 3.48. The van der Waals surface area contributed by atoms with Crippen LogP contribution in [-0.2, 0) is 13.6 Å². The molecule has 1 N–H and O–H groups in total. The number of nitrogens with zero attached hydrogens (tertiary/aromatic N) is 2. The number of hydrogen-bond donors (Lipinski definition) is 1. The van der Waals surface area contributed by atoms with Crippen molar-refractivity contribution >= 4 is 16.7 Å². The summed E-state index contributed by atoms with van der Waals surface area (Å²) in [5, 5.41) is 3.40. The molecule has 4 nitrogen and oxygen atoms in total. The predicted molar refractivity (Wildman–Crippen MR) is 85.7 cm³/mol. The number of ether oxygens (including phenoxy) is 1. The van der Waals surface area contributed by atoms with E-state index in [1.165, 1.54) is 0 Å². The lowest BCUT2D eigenvalue weighted by atomic mass is 10.3. The number of imidazole rings is 1. The van der Waals surface area contributed by atoms with Crippen LogP contribution >= 0.6 is 0 Å². The molecular formula is C17H19N3O. The second-order valence-electron chi connectivity index (χ2n) is 4.89. The van der Waals surface area contributed by atoms with Crippen molar-refractivity contribution in [2.24, 2.45) is 7.05 Å². The van der Waals surface area contributed by atoms with E-state index in [9.17, 15) is 0 Å². The van der Waals surface area contributed by atoms with Crippen molar-refractivity contribution in [3.63, 3.8) is 0 Å². The molecule has 108 valence electrons. The number of para-hydroxylation sites is 2. The first kappa shape index (κ1) is 13.5. The zero-order chi connectivity index (χ0) is 14.7. The second kappa shape index (κ2) is 5.87. The highest BCUT2D eigenvalue weighted by Gasteiger charge is 2.06. The Morgan fingerprint density at radius 1 is 1.14 bits per heavy atom. The van der Waals surface area contributed by atoms with Crippen LogP contribution in [0.1, 0.15) is 12.7 Å². The number of fused-ring (bicyclic) bond motifs is 1. The molecule has 0 amide bonds. The van der Waals surface area contributed by atoms with Crippen LogP contribution in [0, 0.1) is 0 Å². The molecule has 0 radical (unpaired) electrons. The molecule has 0 saturated heterocycles. The molecule has 2 aromatic carbocycles. The Morgan fingerprint density at radius 2 is 2.00 bits per heavy atom. The Labute approximate surface area is 124 Å². The van der Waals surface area contributed by atoms with E-state index in [-0.39, 0.29) is 0 Å². The number of aryl methyl sites for hydroxylation is 1. The lowest BCUT2D eigenvalue weighted by Crippen LogP contribution is -2.06. The van der Waals surface area contributed by atoms with Crippen molar-refractivity contribution in [1.29, 1.82) is 0 Å². The predicted octanol–water partition coefficient (Wildman–Crippen LogP) is 3.58. The molecule has 21 heavy (non-hydrogen) atoms. The molecule has 0 unspecified atom stereocenters. The van der Waals surface area contributed by atoms with E-state index in [0.717, 1.165) is 28.3 Å². The van der Waals surface area contributed by atoms with E-state index in [0.29, 0.717) is 13.2 Å². The quantitative estimate of drug-likeness (QED) is 0.777. The summed E-state index contributed by atoms with van der Waals surface area (Å²) in [5.74, 6) is 1.89. The highest BCUT2D eigenvalue weighted by atomic mass is 16.5. The van der Waals surface area contributed by atoms with Gasteiger partial charge < -0.3 is 14.6 Å². The average Bonchev–Trinajstić information content (AvgIpc) is 2.83. The van der Waals surface area contributed by atoms with E-state index in [1.807, 2.05) is 56.4 Å². The summed E-state index contributed by atoms with van der Waals surface area (Å²) in [6.07, 6.45) is 0. The molecule has 0 aliphatic carbocycles. The smallest absolute Gasteiger partial charge is 0.128 e. The van der Waals surface area contributed by atoms with Gasteiger partial charge in [0.05, 0.1) is 24.2 Å². The Hall–Kier alpha value is -2.49. The van der Waals surface area contributed by atoms with Crippen LogP contribution in [0.15, 0.2) is 48.5 Å². The van der Waals surface area contributed by atoms with Crippen molar-refractivity contribution in [3.8, 4) is 5.75 Å². The van der Waals surface area contributed by atoms with Gasteiger partial charge in [0.1, 0.15) is 11.6 Å². The SMILES string of the molecule is CCOc1cccc(NCc2nc3ccccc3n2C)c1. The van der Waals surface area contributed by atoms with Gasteiger partial charge in [0.25, 0.3) is 0 Å². The number of benzene rings is 2. The minimum atomic E-state index is 0.675. The molecular weight excluding hydrogens is 262 g/mol. The van der Waals surface area contributed by atoms with Gasteiger partial charge in [-0.25, -0.2) is 4.98 Å². The normalized spacial score (nSPS) is 10.8. The Bertz CT molecular complexity index is 749. The van der Waals surface area contributed by atoms with Crippen LogP contribution in [0.25, 0.3) is 11.0 Å². The van der Waals surface area contributed by atoms with Crippen LogP contribution in [-0.4, -0.2) is 16.2 Å². The number of rotatable bonds is 5. The number of aromatic nitrogens is 2. The standard InChI is InChI=1S/C17H19N3O/c1-3-21-14-8-6-7-13(11-14)18-12-17-19-15-9-4-5-10-16(15)20(17)2/h4-11,18H,3,12H2,1-2H3. The monoisotopic (exact) mass is 281 g/mol. The molecule has 3 rings (SSSR count). The van der Waals surface area contributed by atoms with Gasteiger partial charge in [-0.05, 0) is 31.2 Å². The Balaban J connectivity index is 1.77. The van der Waals surface area contributed by atoms with Crippen molar-refractivity contribution < 1.29 is 4.74 Å². The van der Waals surface area contributed by atoms with Gasteiger partial charge in [0.15, 0.2) is 0 Å². The largest absolute Gasteiger partial charge is 0.494 e. The molecule has 3 aromatic rings. The summed E-state index contributed by atoms with van der Waals surface area (Å²) in [6, 6.07) is 16.2. The zero-order valence-corrected chi connectivity index (χ0v) is 12.3. The van der Waals surface area contributed by atoms with Crippen LogP contribution in [0.4, 0.5) is 5.69 Å². The van der Waals surface area contributed by atoms with E-state index < -0.39 is 0 Å². The summed E-state index contributed by atoms with van der Waals surface area (Å²) >= 11 is 0. The number of nitrogens with one attached hydrogen (secondary N) is 1. The summed E-state index contributed by atoms with van der Waals surface area (Å²) < 4.78 is 7.63. The zero-order valence-electron chi connectivity index (χ0n) is 12.3. The van der Waals surface area contributed by atoms with Crippen molar-refractivity contribution in [1.82, 2.24) is 9.55 Å². The van der Waals surface area contributed by atoms with Crippen LogP contribution in [0.2, 0.25) is 0 Å². The molecule has 0 bridgehead atoms. The first-order valence-corrected chi connectivity index (χ1v) is 7.15. The topological polar surface area (TPSA) is 39.1 Å². The third-order valence-corrected chi connectivity index (χ3v) is 3.48. The maximum absolute atomic E-state index is 5.51. The summed E-state index contributed by atoms with van der Waals surface area (Å²) in [7, 11) is 2.04. The van der Waals surface area contributed by atoms with Crippen LogP contribution in [0.3, 0.4) is 0 Å². The fourth-order valence-corrected chi connectivity index (χ4v) is 2.40. The summed E-state index contributed by atoms with van der Waals surface area (Å²) in [4.78, 5) is 4.66. The first-order chi connectivity index (χ1) is 10.3. The average molecular weight is 281 g/mol. The first-order valence-electron chi connectivity index (χ1n) is 7.15. The molecule has 1 heterocycles. The highest BCUT2D eigenvalue weighted by Crippen LogP contribution is 2.19. The minimum Gasteiger partial charge on any atom is -0.494 e. The minimum absolute atomic E-state index is 0.675. The van der Waals surface area contributed by atoms with Crippen LogP contribution in [0.5, 0.6) is 5.75 Å².